The van der Waals surface area contributed by atoms with Crippen LogP contribution in [0.2, 0.25) is 5.02 Å². The number of hydrogen-bond acceptors (Lipinski definition) is 2. The quantitative estimate of drug-likeness (QED) is 0.739. The lowest BCUT2D eigenvalue weighted by Gasteiger charge is -2.03. The van der Waals surface area contributed by atoms with E-state index in [1.807, 2.05) is 30.3 Å². The second-order valence-corrected chi connectivity index (χ2v) is 5.90. The Kier molecular flexibility index (Phi) is 5.30. The lowest BCUT2D eigenvalue weighted by atomic mass is 10.1. The van der Waals surface area contributed by atoms with Gasteiger partial charge in [0.05, 0.1) is 11.0 Å². The summed E-state index contributed by atoms with van der Waals surface area (Å²) in [4.78, 5) is 0. The summed E-state index contributed by atoms with van der Waals surface area (Å²) in [6.45, 7) is 1.62. The molecule has 2 rings (SSSR count). The summed E-state index contributed by atoms with van der Waals surface area (Å²) < 4.78 is 7.15. The Bertz CT molecular complexity index is 491. The Balaban J connectivity index is 1.74. The molecule has 1 heterocycles. The first-order valence-corrected chi connectivity index (χ1v) is 7.50. The predicted octanol–water partition coefficient (Wildman–Crippen LogP) is 4.79. The molecule has 96 valence electrons. The van der Waals surface area contributed by atoms with Gasteiger partial charge in [-0.1, -0.05) is 23.7 Å². The molecule has 0 fully saturated rings. The highest BCUT2D eigenvalue weighted by Crippen LogP contribution is 2.26. The van der Waals surface area contributed by atoms with Crippen LogP contribution >= 0.6 is 43.5 Å². The van der Waals surface area contributed by atoms with E-state index in [9.17, 15) is 0 Å². The summed E-state index contributed by atoms with van der Waals surface area (Å²) in [5, 5.41) is 4.11. The van der Waals surface area contributed by atoms with Gasteiger partial charge in [0, 0.05) is 5.02 Å². The van der Waals surface area contributed by atoms with Gasteiger partial charge in [0.2, 0.25) is 0 Å². The average molecular weight is 394 g/mol. The minimum absolute atomic E-state index is 0.720. The highest BCUT2D eigenvalue weighted by Gasteiger charge is 2.05. The van der Waals surface area contributed by atoms with Crippen LogP contribution in [-0.4, -0.2) is 6.54 Å². The monoisotopic (exact) mass is 391 g/mol. The number of nitrogens with one attached hydrogen (secondary N) is 1. The Morgan fingerprint density at radius 2 is 1.89 bits per heavy atom. The third-order valence-electron chi connectivity index (χ3n) is 2.50. The highest BCUT2D eigenvalue weighted by atomic mass is 79.9. The van der Waals surface area contributed by atoms with Gasteiger partial charge in [0.15, 0.2) is 4.67 Å². The van der Waals surface area contributed by atoms with Crippen LogP contribution in [-0.2, 0) is 13.0 Å². The molecule has 0 atom stereocenters. The van der Waals surface area contributed by atoms with Gasteiger partial charge in [-0.2, -0.15) is 0 Å². The van der Waals surface area contributed by atoms with Gasteiger partial charge in [-0.3, -0.25) is 0 Å². The molecule has 18 heavy (non-hydrogen) atoms. The second kappa shape index (κ2) is 6.75. The van der Waals surface area contributed by atoms with Crippen LogP contribution in [0.25, 0.3) is 0 Å². The molecule has 0 saturated heterocycles. The first-order chi connectivity index (χ1) is 8.65. The van der Waals surface area contributed by atoms with Crippen LogP contribution in [0.5, 0.6) is 0 Å². The summed E-state index contributed by atoms with van der Waals surface area (Å²) >= 11 is 12.5. The highest BCUT2D eigenvalue weighted by molar-refractivity contribution is 9.13. The maximum atomic E-state index is 5.83. The van der Waals surface area contributed by atoms with Crippen LogP contribution in [0.15, 0.2) is 43.9 Å². The summed E-state index contributed by atoms with van der Waals surface area (Å²) in [5.74, 6) is 0.907. The van der Waals surface area contributed by atoms with Crippen molar-refractivity contribution in [2.24, 2.45) is 0 Å². The molecule has 5 heteroatoms. The molecule has 1 aromatic carbocycles. The van der Waals surface area contributed by atoms with Crippen LogP contribution in [0.1, 0.15) is 11.3 Å². The van der Waals surface area contributed by atoms with E-state index in [-0.39, 0.29) is 0 Å². The zero-order valence-electron chi connectivity index (χ0n) is 9.55. The zero-order chi connectivity index (χ0) is 13.0. The van der Waals surface area contributed by atoms with E-state index in [4.69, 9.17) is 16.0 Å². The molecule has 0 aliphatic carbocycles. The molecule has 2 aromatic rings. The topological polar surface area (TPSA) is 25.2 Å². The molecule has 1 aromatic heterocycles. The molecule has 0 spiro atoms. The van der Waals surface area contributed by atoms with Crippen LogP contribution in [0, 0.1) is 0 Å². The van der Waals surface area contributed by atoms with Crippen molar-refractivity contribution in [2.45, 2.75) is 13.0 Å². The Labute approximate surface area is 128 Å². The Morgan fingerprint density at radius 3 is 2.50 bits per heavy atom. The number of rotatable bonds is 5. The summed E-state index contributed by atoms with van der Waals surface area (Å²) in [6, 6.07) is 9.88. The molecule has 0 aliphatic heterocycles. The van der Waals surface area contributed by atoms with Crippen molar-refractivity contribution in [3.05, 3.63) is 55.8 Å². The maximum absolute atomic E-state index is 5.83. The van der Waals surface area contributed by atoms with Gasteiger partial charge in [-0.25, -0.2) is 0 Å². The molecule has 0 unspecified atom stereocenters. The molecule has 0 radical (unpaired) electrons. The van der Waals surface area contributed by atoms with Gasteiger partial charge in [0.25, 0.3) is 0 Å². The van der Waals surface area contributed by atoms with Crippen molar-refractivity contribution < 1.29 is 4.42 Å². The van der Waals surface area contributed by atoms with Crippen molar-refractivity contribution in [1.29, 1.82) is 0 Å². The second-order valence-electron chi connectivity index (χ2n) is 3.89. The first kappa shape index (κ1) is 14.1. The minimum Gasteiger partial charge on any atom is -0.452 e. The first-order valence-electron chi connectivity index (χ1n) is 5.54. The van der Waals surface area contributed by atoms with Crippen molar-refractivity contribution in [3.63, 3.8) is 0 Å². The van der Waals surface area contributed by atoms with Gasteiger partial charge < -0.3 is 9.73 Å². The van der Waals surface area contributed by atoms with E-state index >= 15 is 0 Å². The predicted molar refractivity (Wildman–Crippen MR) is 81.0 cm³/mol. The van der Waals surface area contributed by atoms with E-state index in [0.717, 1.165) is 39.4 Å². The van der Waals surface area contributed by atoms with E-state index in [1.54, 1.807) is 0 Å². The van der Waals surface area contributed by atoms with Gasteiger partial charge in [-0.05, 0) is 68.6 Å². The number of hydrogen-bond donors (Lipinski definition) is 1. The molecule has 0 saturated carbocycles. The van der Waals surface area contributed by atoms with Crippen molar-refractivity contribution >= 4 is 43.5 Å². The molecular formula is C13H12Br2ClNO. The number of benzene rings is 1. The summed E-state index contributed by atoms with van der Waals surface area (Å²) in [7, 11) is 0. The molecule has 0 aliphatic rings. The van der Waals surface area contributed by atoms with Crippen LogP contribution in [0.4, 0.5) is 0 Å². The fourth-order valence-electron chi connectivity index (χ4n) is 1.57. The van der Waals surface area contributed by atoms with Crippen LogP contribution < -0.4 is 5.32 Å². The van der Waals surface area contributed by atoms with Crippen molar-refractivity contribution in [2.75, 3.05) is 6.54 Å². The summed E-state index contributed by atoms with van der Waals surface area (Å²) in [5.41, 5.74) is 1.27. The van der Waals surface area contributed by atoms with Crippen molar-refractivity contribution in [1.82, 2.24) is 5.32 Å². The lowest BCUT2D eigenvalue weighted by molar-refractivity contribution is 0.465. The van der Waals surface area contributed by atoms with E-state index < -0.39 is 0 Å². The van der Waals surface area contributed by atoms with Crippen LogP contribution in [0.3, 0.4) is 0 Å². The van der Waals surface area contributed by atoms with Gasteiger partial charge in [-0.15, -0.1) is 0 Å². The summed E-state index contributed by atoms with van der Waals surface area (Å²) in [6.07, 6.45) is 0.972. The van der Waals surface area contributed by atoms with Gasteiger partial charge >= 0.3 is 0 Å². The maximum Gasteiger partial charge on any atom is 0.183 e. The molecule has 1 N–H and O–H groups in total. The van der Waals surface area contributed by atoms with Crippen molar-refractivity contribution in [3.8, 4) is 0 Å². The normalized spacial score (nSPS) is 10.8. The minimum atomic E-state index is 0.720. The van der Waals surface area contributed by atoms with E-state index in [2.05, 4.69) is 37.2 Å². The lowest BCUT2D eigenvalue weighted by Crippen LogP contribution is -2.16. The SMILES string of the molecule is Clc1ccc(CCNCc2cc(Br)c(Br)o2)cc1. The third kappa shape index (κ3) is 4.12. The third-order valence-corrected chi connectivity index (χ3v) is 4.46. The zero-order valence-corrected chi connectivity index (χ0v) is 13.5. The molecular weight excluding hydrogens is 381 g/mol. The largest absolute Gasteiger partial charge is 0.452 e. The number of halogens is 3. The molecule has 0 bridgehead atoms. The smallest absolute Gasteiger partial charge is 0.183 e. The average Bonchev–Trinajstić information content (AvgIpc) is 2.67. The Hall–Kier alpha value is -0.290. The number of furan rings is 1. The van der Waals surface area contributed by atoms with E-state index in [0.29, 0.717) is 0 Å². The standard InChI is InChI=1S/C13H12Br2ClNO/c14-12-7-11(18-13(12)15)8-17-6-5-9-1-3-10(16)4-2-9/h1-4,7,17H,5-6,8H2. The molecule has 0 amide bonds. The Morgan fingerprint density at radius 1 is 1.17 bits per heavy atom. The van der Waals surface area contributed by atoms with Gasteiger partial charge in [0.1, 0.15) is 5.76 Å². The fourth-order valence-corrected chi connectivity index (χ4v) is 2.36. The fraction of sp³-hybridized carbons (Fsp3) is 0.231. The van der Waals surface area contributed by atoms with E-state index in [1.165, 1.54) is 5.56 Å². The molecule has 2 nitrogen and oxygen atoms in total.